The first kappa shape index (κ1) is 14.7. The van der Waals surface area contributed by atoms with Gasteiger partial charge < -0.3 is 4.90 Å². The first-order valence-corrected chi connectivity index (χ1v) is 6.17. The van der Waals surface area contributed by atoms with Crippen LogP contribution in [0.3, 0.4) is 0 Å². The molecule has 0 amide bonds. The smallest absolute Gasteiger partial charge is 0.189 e. The molecule has 7 nitrogen and oxygen atoms in total. The summed E-state index contributed by atoms with van der Waals surface area (Å²) in [5.74, 6) is 1.63. The number of nitrogens with one attached hydrogen (secondary N) is 2. The van der Waals surface area contributed by atoms with Crippen molar-refractivity contribution < 1.29 is 0 Å². The number of rotatable bonds is 3. The topological polar surface area (TPSA) is 68.2 Å². The van der Waals surface area contributed by atoms with Gasteiger partial charge in [0.05, 0.1) is 12.2 Å². The predicted molar refractivity (Wildman–Crippen MR) is 87.9 cm³/mol. The van der Waals surface area contributed by atoms with Crippen molar-refractivity contribution in [3.05, 3.63) is 42.2 Å². The van der Waals surface area contributed by atoms with Gasteiger partial charge in [0.25, 0.3) is 0 Å². The molecule has 1 aromatic rings. The largest absolute Gasteiger partial charge is 0.350 e. The van der Waals surface area contributed by atoms with Crippen molar-refractivity contribution in [2.24, 2.45) is 10.2 Å². The van der Waals surface area contributed by atoms with Crippen molar-refractivity contribution in [1.82, 2.24) is 26.1 Å². The van der Waals surface area contributed by atoms with E-state index in [-0.39, 0.29) is 24.0 Å². The zero-order valence-electron chi connectivity index (χ0n) is 11.0. The van der Waals surface area contributed by atoms with Crippen molar-refractivity contribution in [2.45, 2.75) is 13.5 Å². The number of fused-ring (bicyclic) bond motifs is 1. The van der Waals surface area contributed by atoms with Gasteiger partial charge in [-0.15, -0.1) is 39.7 Å². The molecule has 2 aliphatic rings. The lowest BCUT2D eigenvalue weighted by Gasteiger charge is -2.26. The third-order valence-electron chi connectivity index (χ3n) is 2.91. The summed E-state index contributed by atoms with van der Waals surface area (Å²) in [7, 11) is 0. The van der Waals surface area contributed by atoms with Gasteiger partial charge in [0.15, 0.2) is 11.7 Å². The van der Waals surface area contributed by atoms with E-state index in [9.17, 15) is 0 Å². The van der Waals surface area contributed by atoms with Crippen molar-refractivity contribution in [1.29, 1.82) is 0 Å². The molecule has 0 fully saturated rings. The van der Waals surface area contributed by atoms with E-state index in [0.717, 1.165) is 30.5 Å². The maximum absolute atomic E-state index is 4.47. The Balaban J connectivity index is 0.00000147. The second-order valence-corrected chi connectivity index (χ2v) is 4.13. The maximum atomic E-state index is 4.47. The van der Waals surface area contributed by atoms with Gasteiger partial charge in [-0.25, -0.2) is 5.53 Å². The number of hydrazone groups is 2. The molecule has 0 unspecified atom stereocenters. The Kier molecular flexibility index (Phi) is 4.90. The van der Waals surface area contributed by atoms with E-state index >= 15 is 0 Å². The van der Waals surface area contributed by atoms with Crippen LogP contribution in [0.2, 0.25) is 0 Å². The molecule has 0 aliphatic carbocycles. The molecule has 0 atom stereocenters. The molecule has 2 aliphatic heterocycles. The van der Waals surface area contributed by atoms with E-state index in [1.807, 2.05) is 30.4 Å². The normalized spacial score (nSPS) is 15.8. The fourth-order valence-electron chi connectivity index (χ4n) is 1.91. The highest BCUT2D eigenvalue weighted by atomic mass is 127. The molecule has 1 aromatic heterocycles. The zero-order valence-corrected chi connectivity index (χ0v) is 13.4. The van der Waals surface area contributed by atoms with Crippen LogP contribution in [-0.2, 0) is 6.54 Å². The molecule has 0 bridgehead atoms. The number of pyridine rings is 1. The summed E-state index contributed by atoms with van der Waals surface area (Å²) < 4.78 is 0. The molecule has 8 heteroatoms. The highest BCUT2D eigenvalue weighted by Gasteiger charge is 2.20. The van der Waals surface area contributed by atoms with E-state index in [1.54, 1.807) is 11.3 Å². The van der Waals surface area contributed by atoms with Gasteiger partial charge in [-0.1, -0.05) is 6.07 Å². The van der Waals surface area contributed by atoms with E-state index in [4.69, 9.17) is 0 Å². The minimum atomic E-state index is 0. The van der Waals surface area contributed by atoms with Crippen molar-refractivity contribution in [3.63, 3.8) is 0 Å². The number of amidine groups is 2. The molecule has 106 valence electrons. The monoisotopic (exact) mass is 385 g/mol. The highest BCUT2D eigenvalue weighted by molar-refractivity contribution is 14.0. The van der Waals surface area contributed by atoms with Gasteiger partial charge in [-0.05, 0) is 31.2 Å². The van der Waals surface area contributed by atoms with Gasteiger partial charge in [0.2, 0.25) is 0 Å². The Bertz CT molecular complexity index is 540. The standard InChI is InChI=1S/C12H15N7.HI/c1-2-18(9-10-5-3-4-8-13-10)12-7-6-11-14-16-17-19(11)15-12;/h3-8,16-17H,2,9H2,1H3;1H. The summed E-state index contributed by atoms with van der Waals surface area (Å²) >= 11 is 0. The van der Waals surface area contributed by atoms with Gasteiger partial charge in [0, 0.05) is 12.7 Å². The molecular formula is C12H16IN7. The molecule has 0 spiro atoms. The minimum Gasteiger partial charge on any atom is -0.350 e. The van der Waals surface area contributed by atoms with Gasteiger partial charge >= 0.3 is 0 Å². The van der Waals surface area contributed by atoms with Crippen molar-refractivity contribution in [3.8, 4) is 0 Å². The molecule has 0 aromatic carbocycles. The van der Waals surface area contributed by atoms with E-state index in [0.29, 0.717) is 0 Å². The first-order valence-electron chi connectivity index (χ1n) is 6.17. The van der Waals surface area contributed by atoms with Crippen LogP contribution in [0.15, 0.2) is 46.8 Å². The fraction of sp³-hybridized carbons (Fsp3) is 0.250. The number of likely N-dealkylation sites (N-methyl/N-ethyl adjacent to an activating group) is 1. The molecule has 20 heavy (non-hydrogen) atoms. The summed E-state index contributed by atoms with van der Waals surface area (Å²) in [4.78, 5) is 6.49. The lowest BCUT2D eigenvalue weighted by Crippen LogP contribution is -2.41. The molecule has 0 saturated carbocycles. The summed E-state index contributed by atoms with van der Waals surface area (Å²) in [5, 5.41) is 10.1. The predicted octanol–water partition coefficient (Wildman–Crippen LogP) is 1.04. The Morgan fingerprint density at radius 1 is 1.30 bits per heavy atom. The van der Waals surface area contributed by atoms with Crippen LogP contribution in [0, 0.1) is 0 Å². The van der Waals surface area contributed by atoms with Crippen LogP contribution in [0.5, 0.6) is 0 Å². The Morgan fingerprint density at radius 3 is 2.95 bits per heavy atom. The van der Waals surface area contributed by atoms with E-state index < -0.39 is 0 Å². The van der Waals surface area contributed by atoms with Crippen LogP contribution < -0.4 is 11.1 Å². The molecule has 3 heterocycles. The summed E-state index contributed by atoms with van der Waals surface area (Å²) in [6.45, 7) is 3.68. The summed E-state index contributed by atoms with van der Waals surface area (Å²) in [6, 6.07) is 5.92. The average Bonchev–Trinajstić information content (AvgIpc) is 2.93. The highest BCUT2D eigenvalue weighted by Crippen LogP contribution is 2.09. The third kappa shape index (κ3) is 3.07. The summed E-state index contributed by atoms with van der Waals surface area (Å²) in [5.41, 5.74) is 6.52. The SMILES string of the molecule is CCN(Cc1ccccn1)C1=NN2NNN=C2C=C1.I. The first-order chi connectivity index (χ1) is 9.36. The van der Waals surface area contributed by atoms with Crippen LogP contribution in [0.25, 0.3) is 0 Å². The molecular weight excluding hydrogens is 369 g/mol. The Morgan fingerprint density at radius 2 is 2.20 bits per heavy atom. The van der Waals surface area contributed by atoms with E-state index in [2.05, 4.69) is 38.1 Å². The summed E-state index contributed by atoms with van der Waals surface area (Å²) in [6.07, 6.45) is 5.67. The van der Waals surface area contributed by atoms with Crippen LogP contribution in [0.4, 0.5) is 0 Å². The number of halogens is 1. The number of hydrogen-bond donors (Lipinski definition) is 2. The van der Waals surface area contributed by atoms with Crippen molar-refractivity contribution in [2.75, 3.05) is 6.54 Å². The zero-order chi connectivity index (χ0) is 13.1. The number of nitrogens with zero attached hydrogens (tertiary/aromatic N) is 5. The van der Waals surface area contributed by atoms with Crippen LogP contribution >= 0.6 is 24.0 Å². The maximum Gasteiger partial charge on any atom is 0.189 e. The van der Waals surface area contributed by atoms with Gasteiger partial charge in [-0.3, -0.25) is 4.98 Å². The van der Waals surface area contributed by atoms with Gasteiger partial charge in [0.1, 0.15) is 0 Å². The second kappa shape index (κ2) is 6.66. The van der Waals surface area contributed by atoms with Crippen LogP contribution in [-0.4, -0.2) is 33.2 Å². The minimum absolute atomic E-state index is 0. The lowest BCUT2D eigenvalue weighted by atomic mass is 10.3. The molecule has 0 saturated heterocycles. The Hall–Kier alpha value is -1.68. The average molecular weight is 385 g/mol. The molecule has 3 rings (SSSR count). The Labute approximate surface area is 134 Å². The second-order valence-electron chi connectivity index (χ2n) is 4.13. The number of hydrogen-bond acceptors (Lipinski definition) is 7. The lowest BCUT2D eigenvalue weighted by molar-refractivity contribution is 0.298. The van der Waals surface area contributed by atoms with Gasteiger partial charge in [-0.2, -0.15) is 5.12 Å². The quantitative estimate of drug-likeness (QED) is 0.762. The molecule has 0 radical (unpaired) electrons. The molecule has 2 N–H and O–H groups in total. The number of aromatic nitrogens is 1. The third-order valence-corrected chi connectivity index (χ3v) is 2.91. The fourth-order valence-corrected chi connectivity index (χ4v) is 1.91. The van der Waals surface area contributed by atoms with Crippen LogP contribution in [0.1, 0.15) is 12.6 Å². The number of hydrazine groups is 2. The van der Waals surface area contributed by atoms with E-state index in [1.165, 1.54) is 0 Å². The van der Waals surface area contributed by atoms with Crippen molar-refractivity contribution >= 4 is 35.6 Å².